The first kappa shape index (κ1) is 33.3. The summed E-state index contributed by atoms with van der Waals surface area (Å²) in [6, 6.07) is 28.2. The van der Waals surface area contributed by atoms with Crippen molar-refractivity contribution in [3.8, 4) is 23.3 Å². The van der Waals surface area contributed by atoms with Crippen LogP contribution in [0.3, 0.4) is 0 Å². The van der Waals surface area contributed by atoms with Crippen molar-refractivity contribution in [1.29, 1.82) is 5.26 Å². The normalized spacial score (nSPS) is 14.0. The molecule has 1 atom stereocenters. The predicted molar refractivity (Wildman–Crippen MR) is 188 cm³/mol. The molecule has 0 aliphatic carbocycles. The maximum atomic E-state index is 14.4. The fourth-order valence-electron chi connectivity index (χ4n) is 5.59. The van der Waals surface area contributed by atoms with Crippen LogP contribution in [-0.4, -0.2) is 31.4 Å². The van der Waals surface area contributed by atoms with E-state index in [1.54, 1.807) is 61.5 Å². The van der Waals surface area contributed by atoms with Gasteiger partial charge in [0.15, 0.2) is 16.3 Å². The molecule has 5 aromatic rings. The van der Waals surface area contributed by atoms with Crippen molar-refractivity contribution < 1.29 is 23.7 Å². The van der Waals surface area contributed by atoms with Crippen molar-refractivity contribution >= 4 is 40.7 Å². The van der Waals surface area contributed by atoms with E-state index >= 15 is 0 Å². The Labute approximate surface area is 291 Å². The maximum absolute atomic E-state index is 14.4. The molecule has 49 heavy (non-hydrogen) atoms. The van der Waals surface area contributed by atoms with Crippen LogP contribution in [0.5, 0.6) is 17.2 Å². The fraction of sp³-hybridized carbons (Fsp3) is 0.158. The van der Waals surface area contributed by atoms with Crippen molar-refractivity contribution in [2.75, 3.05) is 20.8 Å². The van der Waals surface area contributed by atoms with E-state index in [0.29, 0.717) is 59.6 Å². The van der Waals surface area contributed by atoms with Gasteiger partial charge in [0.2, 0.25) is 0 Å². The lowest BCUT2D eigenvalue weighted by Crippen LogP contribution is -2.40. The second kappa shape index (κ2) is 14.6. The number of methoxy groups -OCH3 is 2. The molecule has 11 heteroatoms. The Kier molecular flexibility index (Phi) is 9.95. The van der Waals surface area contributed by atoms with Crippen molar-refractivity contribution in [2.24, 2.45) is 4.99 Å². The van der Waals surface area contributed by atoms with E-state index in [4.69, 9.17) is 35.5 Å². The second-order valence-electron chi connectivity index (χ2n) is 10.8. The van der Waals surface area contributed by atoms with Crippen LogP contribution in [0.4, 0.5) is 0 Å². The summed E-state index contributed by atoms with van der Waals surface area (Å²) >= 11 is 7.60. The minimum Gasteiger partial charge on any atom is -0.493 e. The molecular formula is C38H30ClN3O6S. The number of esters is 1. The van der Waals surface area contributed by atoms with Gasteiger partial charge >= 0.3 is 5.97 Å². The number of ether oxygens (including phenoxy) is 4. The lowest BCUT2D eigenvalue weighted by atomic mass is 9.93. The van der Waals surface area contributed by atoms with Crippen LogP contribution in [0.2, 0.25) is 5.02 Å². The summed E-state index contributed by atoms with van der Waals surface area (Å²) in [6.07, 6.45) is 1.70. The molecule has 0 saturated heterocycles. The summed E-state index contributed by atoms with van der Waals surface area (Å²) in [4.78, 5) is 33.6. The minimum absolute atomic E-state index is 0.129. The van der Waals surface area contributed by atoms with Crippen molar-refractivity contribution in [3.63, 3.8) is 0 Å². The van der Waals surface area contributed by atoms with E-state index in [0.717, 1.165) is 5.56 Å². The van der Waals surface area contributed by atoms with Gasteiger partial charge in [-0.25, -0.2) is 9.79 Å². The van der Waals surface area contributed by atoms with Gasteiger partial charge in [-0.1, -0.05) is 77.5 Å². The Balaban J connectivity index is 1.56. The Hall–Kier alpha value is -5.63. The summed E-state index contributed by atoms with van der Waals surface area (Å²) in [5.74, 6) is 0.802. The zero-order chi connectivity index (χ0) is 34.5. The van der Waals surface area contributed by atoms with Crippen molar-refractivity contribution in [2.45, 2.75) is 19.6 Å². The Morgan fingerprint density at radius 1 is 0.980 bits per heavy atom. The number of halogens is 1. The molecule has 0 saturated carbocycles. The van der Waals surface area contributed by atoms with Gasteiger partial charge in [-0.15, -0.1) is 0 Å². The number of rotatable bonds is 10. The number of nitrogens with zero attached hydrogens (tertiary/aromatic N) is 3. The van der Waals surface area contributed by atoms with Crippen LogP contribution in [-0.2, 0) is 16.1 Å². The number of benzene rings is 4. The van der Waals surface area contributed by atoms with E-state index in [1.165, 1.54) is 30.1 Å². The molecule has 1 aliphatic rings. The molecule has 0 spiro atoms. The molecule has 0 amide bonds. The third-order valence-electron chi connectivity index (χ3n) is 7.88. The Morgan fingerprint density at radius 3 is 2.45 bits per heavy atom. The molecule has 2 heterocycles. The highest BCUT2D eigenvalue weighted by molar-refractivity contribution is 7.07. The highest BCUT2D eigenvalue weighted by atomic mass is 35.5. The van der Waals surface area contributed by atoms with Crippen LogP contribution in [0.25, 0.3) is 11.8 Å². The number of fused-ring (bicyclic) bond motifs is 1. The molecule has 0 N–H and O–H groups in total. The quantitative estimate of drug-likeness (QED) is 0.164. The van der Waals surface area contributed by atoms with E-state index in [2.05, 4.69) is 6.07 Å². The van der Waals surface area contributed by atoms with Crippen LogP contribution < -0.4 is 29.1 Å². The summed E-state index contributed by atoms with van der Waals surface area (Å²) < 4.78 is 24.6. The van der Waals surface area contributed by atoms with Gasteiger partial charge in [0, 0.05) is 21.7 Å². The molecule has 0 radical (unpaired) electrons. The topological polar surface area (TPSA) is 112 Å². The van der Waals surface area contributed by atoms with Gasteiger partial charge in [-0.2, -0.15) is 5.26 Å². The van der Waals surface area contributed by atoms with Gasteiger partial charge in [0.1, 0.15) is 12.4 Å². The third kappa shape index (κ3) is 6.72. The molecule has 1 aromatic heterocycles. The third-order valence-corrected chi connectivity index (χ3v) is 9.09. The smallest absolute Gasteiger partial charge is 0.338 e. The van der Waals surface area contributed by atoms with Gasteiger partial charge in [-0.05, 0) is 55.0 Å². The monoisotopic (exact) mass is 691 g/mol. The zero-order valence-electron chi connectivity index (χ0n) is 26.8. The van der Waals surface area contributed by atoms with Gasteiger partial charge in [0.25, 0.3) is 5.56 Å². The summed E-state index contributed by atoms with van der Waals surface area (Å²) in [6.45, 7) is 1.99. The Morgan fingerprint density at radius 2 is 1.71 bits per heavy atom. The molecule has 0 bridgehead atoms. The van der Waals surface area contributed by atoms with E-state index in [-0.39, 0.29) is 24.3 Å². The average Bonchev–Trinajstić information content (AvgIpc) is 3.44. The van der Waals surface area contributed by atoms with Crippen molar-refractivity contribution in [3.05, 3.63) is 149 Å². The van der Waals surface area contributed by atoms with Crippen LogP contribution >= 0.6 is 22.9 Å². The first-order valence-electron chi connectivity index (χ1n) is 15.3. The SMILES string of the molecule is CCOC(=O)C1=C(c2ccccc2)N=c2s/c(=C\c3cc(Cl)ccc3OCc3ccccc3C#N)c(=O)n2[C@H]1c1ccc(OC)c(OC)c1. The lowest BCUT2D eigenvalue weighted by molar-refractivity contribution is -0.138. The number of carbonyl (C=O) groups is 1. The molecule has 4 aromatic carbocycles. The maximum Gasteiger partial charge on any atom is 0.338 e. The number of thiazole rings is 1. The average molecular weight is 692 g/mol. The summed E-state index contributed by atoms with van der Waals surface area (Å²) in [5.41, 5.74) is 3.31. The van der Waals surface area contributed by atoms with E-state index in [9.17, 15) is 14.9 Å². The van der Waals surface area contributed by atoms with Gasteiger partial charge < -0.3 is 18.9 Å². The standard InChI is InChI=1S/C38H30ClN3O6S/c1-4-47-37(44)33-34(23-10-6-5-7-11-23)41-38-42(35(33)24-14-16-30(45-2)31(19-24)46-3)36(43)32(49-38)20-27-18-28(39)15-17-29(27)48-22-26-13-9-8-12-25(26)21-40/h5-20,35H,4,22H2,1-3H3/b32-20-/t35-/m0/s1. The molecule has 1 aliphatic heterocycles. The molecule has 0 unspecified atom stereocenters. The van der Waals surface area contributed by atoms with Gasteiger partial charge in [-0.3, -0.25) is 9.36 Å². The van der Waals surface area contributed by atoms with E-state index < -0.39 is 12.0 Å². The minimum atomic E-state index is -0.912. The zero-order valence-corrected chi connectivity index (χ0v) is 28.4. The fourth-order valence-corrected chi connectivity index (χ4v) is 6.77. The number of nitriles is 1. The van der Waals surface area contributed by atoms with E-state index in [1.807, 2.05) is 42.5 Å². The number of carbonyl (C=O) groups excluding carboxylic acids is 1. The van der Waals surface area contributed by atoms with Crippen LogP contribution in [0.1, 0.15) is 40.8 Å². The summed E-state index contributed by atoms with van der Waals surface area (Å²) in [5, 5.41) is 9.97. The molecular weight excluding hydrogens is 662 g/mol. The molecule has 246 valence electrons. The van der Waals surface area contributed by atoms with Crippen molar-refractivity contribution in [1.82, 2.24) is 4.57 Å². The van der Waals surface area contributed by atoms with Crippen LogP contribution in [0, 0.1) is 11.3 Å². The second-order valence-corrected chi connectivity index (χ2v) is 12.2. The number of hydrogen-bond acceptors (Lipinski definition) is 9. The highest BCUT2D eigenvalue weighted by Gasteiger charge is 2.35. The predicted octanol–water partition coefficient (Wildman–Crippen LogP) is 6.06. The molecule has 6 rings (SSSR count). The lowest BCUT2D eigenvalue weighted by Gasteiger charge is -2.26. The Bertz CT molecular complexity index is 2310. The first-order valence-corrected chi connectivity index (χ1v) is 16.5. The number of aromatic nitrogens is 1. The molecule has 9 nitrogen and oxygen atoms in total. The van der Waals surface area contributed by atoms with Crippen LogP contribution in [0.15, 0.2) is 106 Å². The number of hydrogen-bond donors (Lipinski definition) is 0. The highest BCUT2D eigenvalue weighted by Crippen LogP contribution is 2.38. The largest absolute Gasteiger partial charge is 0.493 e. The first-order chi connectivity index (χ1) is 23.9. The summed E-state index contributed by atoms with van der Waals surface area (Å²) in [7, 11) is 3.06. The van der Waals surface area contributed by atoms with Gasteiger partial charge in [0.05, 0.1) is 54.3 Å². The molecule has 0 fully saturated rings.